The van der Waals surface area contributed by atoms with Gasteiger partial charge in [-0.2, -0.15) is 0 Å². The molecule has 1 heterocycles. The molecule has 1 aliphatic rings. The van der Waals surface area contributed by atoms with Crippen molar-refractivity contribution in [3.8, 4) is 0 Å². The highest BCUT2D eigenvalue weighted by atomic mass is 32.2. The number of likely N-dealkylation sites (N-methyl/N-ethyl adjacent to an activating group) is 1. The topological polar surface area (TPSA) is 83.9 Å². The normalized spacial score (nSPS) is 27.7. The van der Waals surface area contributed by atoms with Gasteiger partial charge in [0.1, 0.15) is 0 Å². The number of amides is 1. The number of rotatable bonds is 3. The van der Waals surface area contributed by atoms with Crippen LogP contribution in [0, 0.1) is 0 Å². The molecule has 2 atom stereocenters. The third-order valence-electron chi connectivity index (χ3n) is 2.54. The van der Waals surface area contributed by atoms with Crippen LogP contribution < -0.4 is 0 Å². The maximum atomic E-state index is 11.5. The predicted octanol–water partition coefficient (Wildman–Crippen LogP) is -0.377. The van der Waals surface area contributed by atoms with Crippen LogP contribution in [-0.4, -0.2) is 61.3 Å². The monoisotopic (exact) mass is 251 g/mol. The van der Waals surface area contributed by atoms with Crippen LogP contribution in [0.25, 0.3) is 0 Å². The quantitative estimate of drug-likeness (QED) is 0.739. The Morgan fingerprint density at radius 1 is 1.44 bits per heavy atom. The summed E-state index contributed by atoms with van der Waals surface area (Å²) in [6.45, 7) is 3.93. The Bertz CT molecular complexity index is 353. The molecule has 1 N–H and O–H groups in total. The molecule has 0 aromatic heterocycles. The molecule has 6 nitrogen and oxygen atoms in total. The SMILES string of the molecule is CCOC(=O)N(CC)C1CS(=O)(=O)CC1O. The minimum Gasteiger partial charge on any atom is -0.450 e. The molecule has 1 rings (SSSR count). The minimum absolute atomic E-state index is 0.194. The number of hydrogen-bond donors (Lipinski definition) is 1. The van der Waals surface area contributed by atoms with Gasteiger partial charge in [-0.1, -0.05) is 0 Å². The fourth-order valence-electron chi connectivity index (χ4n) is 1.81. The van der Waals surface area contributed by atoms with Crippen LogP contribution in [0.15, 0.2) is 0 Å². The first kappa shape index (κ1) is 13.2. The molecule has 2 unspecified atom stereocenters. The first-order valence-corrected chi connectivity index (χ1v) is 7.05. The lowest BCUT2D eigenvalue weighted by Crippen LogP contribution is -2.46. The third-order valence-corrected chi connectivity index (χ3v) is 4.24. The zero-order valence-corrected chi connectivity index (χ0v) is 10.2. The second-order valence-electron chi connectivity index (χ2n) is 3.70. The number of nitrogens with zero attached hydrogens (tertiary/aromatic N) is 1. The molecule has 7 heteroatoms. The van der Waals surface area contributed by atoms with Crippen LogP contribution in [0.2, 0.25) is 0 Å². The lowest BCUT2D eigenvalue weighted by molar-refractivity contribution is 0.0587. The van der Waals surface area contributed by atoms with Gasteiger partial charge >= 0.3 is 6.09 Å². The van der Waals surface area contributed by atoms with E-state index in [4.69, 9.17) is 4.74 Å². The first-order chi connectivity index (χ1) is 7.41. The van der Waals surface area contributed by atoms with Gasteiger partial charge in [0, 0.05) is 6.54 Å². The molecule has 0 bridgehead atoms. The lowest BCUT2D eigenvalue weighted by atomic mass is 10.2. The first-order valence-electron chi connectivity index (χ1n) is 5.23. The van der Waals surface area contributed by atoms with Gasteiger partial charge in [-0.05, 0) is 13.8 Å². The summed E-state index contributed by atoms with van der Waals surface area (Å²) in [6, 6.07) is -0.686. The molecule has 1 amide bonds. The molecule has 94 valence electrons. The molecule has 1 aliphatic heterocycles. The summed E-state index contributed by atoms with van der Waals surface area (Å²) >= 11 is 0. The van der Waals surface area contributed by atoms with E-state index in [2.05, 4.69) is 0 Å². The maximum Gasteiger partial charge on any atom is 0.410 e. The van der Waals surface area contributed by atoms with Crippen molar-refractivity contribution in [3.05, 3.63) is 0 Å². The number of carbonyl (C=O) groups is 1. The van der Waals surface area contributed by atoms with Gasteiger partial charge in [-0.15, -0.1) is 0 Å². The summed E-state index contributed by atoms with van der Waals surface area (Å²) in [7, 11) is -3.25. The van der Waals surface area contributed by atoms with E-state index in [1.807, 2.05) is 0 Å². The standard InChI is InChI=1S/C9H17NO5S/c1-3-10(9(12)15-4-2)7-5-16(13,14)6-8(7)11/h7-8,11H,3-6H2,1-2H3. The second kappa shape index (κ2) is 5.01. The summed E-state index contributed by atoms with van der Waals surface area (Å²) in [5, 5.41) is 9.61. The van der Waals surface area contributed by atoms with Gasteiger partial charge in [-0.3, -0.25) is 0 Å². The molecule has 1 saturated heterocycles. The predicted molar refractivity (Wildman–Crippen MR) is 57.9 cm³/mol. The van der Waals surface area contributed by atoms with Crippen molar-refractivity contribution in [3.63, 3.8) is 0 Å². The minimum atomic E-state index is -3.25. The number of carbonyl (C=O) groups excluding carboxylic acids is 1. The van der Waals surface area contributed by atoms with E-state index in [1.165, 1.54) is 4.90 Å². The largest absolute Gasteiger partial charge is 0.450 e. The fourth-order valence-corrected chi connectivity index (χ4v) is 3.61. The molecule has 1 fully saturated rings. The van der Waals surface area contributed by atoms with Gasteiger partial charge in [-0.25, -0.2) is 13.2 Å². The fraction of sp³-hybridized carbons (Fsp3) is 0.889. The van der Waals surface area contributed by atoms with E-state index in [0.29, 0.717) is 6.54 Å². The van der Waals surface area contributed by atoms with Crippen molar-refractivity contribution in [1.29, 1.82) is 0 Å². The van der Waals surface area contributed by atoms with Crippen molar-refractivity contribution >= 4 is 15.9 Å². The Kier molecular flexibility index (Phi) is 4.15. The highest BCUT2D eigenvalue weighted by Crippen LogP contribution is 2.19. The van der Waals surface area contributed by atoms with Crippen LogP contribution in [0.3, 0.4) is 0 Å². The number of hydrogen-bond acceptors (Lipinski definition) is 5. The molecule has 0 spiro atoms. The van der Waals surface area contributed by atoms with E-state index in [1.54, 1.807) is 13.8 Å². The van der Waals surface area contributed by atoms with Gasteiger partial charge in [0.15, 0.2) is 9.84 Å². The molecule has 0 aliphatic carbocycles. The van der Waals surface area contributed by atoms with E-state index in [-0.39, 0.29) is 18.1 Å². The summed E-state index contributed by atoms with van der Waals surface area (Å²) in [5.74, 6) is -0.478. The summed E-state index contributed by atoms with van der Waals surface area (Å²) in [6.07, 6.45) is -1.60. The van der Waals surface area contributed by atoms with Crippen molar-refractivity contribution in [2.24, 2.45) is 0 Å². The number of ether oxygens (including phenoxy) is 1. The molecular weight excluding hydrogens is 234 g/mol. The van der Waals surface area contributed by atoms with Crippen LogP contribution in [0.1, 0.15) is 13.8 Å². The molecule has 0 aromatic carbocycles. The Morgan fingerprint density at radius 3 is 2.44 bits per heavy atom. The lowest BCUT2D eigenvalue weighted by Gasteiger charge is -2.27. The van der Waals surface area contributed by atoms with Crippen LogP contribution in [0.5, 0.6) is 0 Å². The van der Waals surface area contributed by atoms with Gasteiger partial charge < -0.3 is 14.7 Å². The van der Waals surface area contributed by atoms with Crippen LogP contribution in [0.4, 0.5) is 4.79 Å². The Labute approximate surface area is 95.1 Å². The smallest absolute Gasteiger partial charge is 0.410 e. The number of aliphatic hydroxyl groups excluding tert-OH is 1. The van der Waals surface area contributed by atoms with Crippen molar-refractivity contribution in [2.45, 2.75) is 26.0 Å². The van der Waals surface area contributed by atoms with Crippen LogP contribution in [-0.2, 0) is 14.6 Å². The van der Waals surface area contributed by atoms with Gasteiger partial charge in [0.2, 0.25) is 0 Å². The van der Waals surface area contributed by atoms with Crippen molar-refractivity contribution < 1.29 is 23.1 Å². The molecule has 0 aromatic rings. The Balaban J connectivity index is 2.78. The summed E-state index contributed by atoms with van der Waals surface area (Å²) < 4.78 is 27.4. The molecule has 0 saturated carbocycles. The van der Waals surface area contributed by atoms with E-state index in [0.717, 1.165) is 0 Å². The van der Waals surface area contributed by atoms with Crippen molar-refractivity contribution in [1.82, 2.24) is 4.90 Å². The third kappa shape index (κ3) is 2.85. The number of aliphatic hydroxyl groups is 1. The van der Waals surface area contributed by atoms with E-state index < -0.39 is 28.1 Å². The Morgan fingerprint density at radius 2 is 2.06 bits per heavy atom. The average molecular weight is 251 g/mol. The molecular formula is C9H17NO5S. The highest BCUT2D eigenvalue weighted by molar-refractivity contribution is 7.91. The highest BCUT2D eigenvalue weighted by Gasteiger charge is 2.41. The molecule has 0 radical (unpaired) electrons. The summed E-state index contributed by atoms with van der Waals surface area (Å²) in [5.41, 5.74) is 0. The Hall–Kier alpha value is -0.820. The number of sulfone groups is 1. The maximum absolute atomic E-state index is 11.5. The molecule has 16 heavy (non-hydrogen) atoms. The van der Waals surface area contributed by atoms with Crippen LogP contribution >= 0.6 is 0 Å². The van der Waals surface area contributed by atoms with Gasteiger partial charge in [0.05, 0.1) is 30.3 Å². The van der Waals surface area contributed by atoms with E-state index in [9.17, 15) is 18.3 Å². The van der Waals surface area contributed by atoms with Gasteiger partial charge in [0.25, 0.3) is 0 Å². The van der Waals surface area contributed by atoms with E-state index >= 15 is 0 Å². The average Bonchev–Trinajstić information content (AvgIpc) is 2.42. The van der Waals surface area contributed by atoms with Crippen molar-refractivity contribution in [2.75, 3.05) is 24.7 Å². The second-order valence-corrected chi connectivity index (χ2v) is 5.85. The summed E-state index contributed by atoms with van der Waals surface area (Å²) in [4.78, 5) is 12.8. The zero-order valence-electron chi connectivity index (χ0n) is 9.42. The zero-order chi connectivity index (χ0) is 12.3.